The summed E-state index contributed by atoms with van der Waals surface area (Å²) in [4.78, 5) is 21.8. The summed E-state index contributed by atoms with van der Waals surface area (Å²) in [5, 5.41) is 11.4. The smallest absolute Gasteiger partial charge is 0.327 e. The van der Waals surface area contributed by atoms with Crippen LogP contribution in [0.5, 0.6) is 5.75 Å². The number of aliphatic carboxylic acids is 1. The van der Waals surface area contributed by atoms with E-state index in [1.54, 1.807) is 7.11 Å². The number of carboxylic acid groups (broad SMARTS) is 1. The molecule has 0 radical (unpaired) electrons. The summed E-state index contributed by atoms with van der Waals surface area (Å²) in [6.07, 6.45) is 0. The molecule has 0 aliphatic rings. The number of benzene rings is 1. The molecule has 0 fully saturated rings. The van der Waals surface area contributed by atoms with E-state index in [1.807, 2.05) is 24.3 Å². The van der Waals surface area contributed by atoms with Crippen LogP contribution in [0.1, 0.15) is 12.5 Å². The van der Waals surface area contributed by atoms with Crippen molar-refractivity contribution in [1.29, 1.82) is 0 Å². The molecule has 0 unspecified atom stereocenters. The topological polar surface area (TPSA) is 75.6 Å². The van der Waals surface area contributed by atoms with E-state index in [9.17, 15) is 9.59 Å². The van der Waals surface area contributed by atoms with Gasteiger partial charge in [-0.25, -0.2) is 4.79 Å². The molecule has 0 saturated carbocycles. The number of nitrogens with one attached hydrogen (secondary N) is 1. The van der Waals surface area contributed by atoms with Gasteiger partial charge in [-0.1, -0.05) is 18.2 Å². The van der Waals surface area contributed by atoms with Crippen LogP contribution in [0, 0.1) is 0 Å². The molecule has 5 nitrogen and oxygen atoms in total. The first-order valence-corrected chi connectivity index (χ1v) is 6.89. The minimum absolute atomic E-state index is 0.312. The van der Waals surface area contributed by atoms with Crippen LogP contribution >= 0.6 is 11.8 Å². The fourth-order valence-electron chi connectivity index (χ4n) is 1.53. The molecule has 1 rings (SSSR count). The van der Waals surface area contributed by atoms with E-state index in [0.29, 0.717) is 11.5 Å². The number of carbonyl (C=O) groups excluding carboxylic acids is 1. The SMILES string of the molecule is COc1ccccc1CSC[C@H](NC(C)=O)C(=O)O. The fourth-order valence-corrected chi connectivity index (χ4v) is 2.57. The van der Waals surface area contributed by atoms with Gasteiger partial charge >= 0.3 is 5.97 Å². The molecule has 104 valence electrons. The van der Waals surface area contributed by atoms with Crippen LogP contribution in [0.2, 0.25) is 0 Å². The number of para-hydroxylation sites is 1. The van der Waals surface area contributed by atoms with Crippen molar-refractivity contribution in [3.8, 4) is 5.75 Å². The summed E-state index contributed by atoms with van der Waals surface area (Å²) < 4.78 is 5.22. The third-order valence-electron chi connectivity index (χ3n) is 2.41. The number of hydrogen-bond donors (Lipinski definition) is 2. The van der Waals surface area contributed by atoms with Gasteiger partial charge in [0.1, 0.15) is 11.8 Å². The summed E-state index contributed by atoms with van der Waals surface area (Å²) in [5.74, 6) is 0.356. The zero-order valence-electron chi connectivity index (χ0n) is 10.9. The van der Waals surface area contributed by atoms with E-state index >= 15 is 0 Å². The molecule has 6 heteroatoms. The zero-order valence-corrected chi connectivity index (χ0v) is 11.7. The number of thioether (sulfide) groups is 1. The summed E-state index contributed by atoms with van der Waals surface area (Å²) in [7, 11) is 1.60. The normalized spacial score (nSPS) is 11.7. The molecule has 0 bridgehead atoms. The highest BCUT2D eigenvalue weighted by atomic mass is 32.2. The van der Waals surface area contributed by atoms with Gasteiger partial charge < -0.3 is 15.2 Å². The number of ether oxygens (including phenoxy) is 1. The van der Waals surface area contributed by atoms with Crippen LogP contribution in [0.25, 0.3) is 0 Å². The lowest BCUT2D eigenvalue weighted by Gasteiger charge is -2.13. The largest absolute Gasteiger partial charge is 0.496 e. The van der Waals surface area contributed by atoms with Crippen LogP contribution in [-0.2, 0) is 15.3 Å². The Kier molecular flexibility index (Phi) is 6.21. The average Bonchev–Trinajstić information content (AvgIpc) is 2.37. The van der Waals surface area contributed by atoms with Crippen molar-refractivity contribution in [1.82, 2.24) is 5.32 Å². The highest BCUT2D eigenvalue weighted by molar-refractivity contribution is 7.98. The minimum atomic E-state index is -1.03. The summed E-state index contributed by atoms with van der Waals surface area (Å²) >= 11 is 1.44. The molecule has 0 heterocycles. The molecular formula is C13H17NO4S. The van der Waals surface area contributed by atoms with E-state index in [4.69, 9.17) is 9.84 Å². The lowest BCUT2D eigenvalue weighted by molar-refractivity contribution is -0.140. The molecule has 1 atom stereocenters. The van der Waals surface area contributed by atoms with E-state index in [2.05, 4.69) is 5.32 Å². The van der Waals surface area contributed by atoms with E-state index in [1.165, 1.54) is 18.7 Å². The average molecular weight is 283 g/mol. The Balaban J connectivity index is 2.52. The van der Waals surface area contributed by atoms with Crippen LogP contribution in [0.4, 0.5) is 0 Å². The van der Waals surface area contributed by atoms with E-state index in [0.717, 1.165) is 11.3 Å². The van der Waals surface area contributed by atoms with Gasteiger partial charge in [0.15, 0.2) is 0 Å². The van der Waals surface area contributed by atoms with Crippen molar-refractivity contribution < 1.29 is 19.4 Å². The molecule has 19 heavy (non-hydrogen) atoms. The quantitative estimate of drug-likeness (QED) is 0.793. The first kappa shape index (κ1) is 15.4. The number of rotatable bonds is 7. The maximum atomic E-state index is 10.9. The summed E-state index contributed by atoms with van der Waals surface area (Å²) in [6, 6.07) is 6.71. The third-order valence-corrected chi connectivity index (χ3v) is 3.49. The second-order valence-electron chi connectivity index (χ2n) is 3.92. The van der Waals surface area contributed by atoms with Crippen molar-refractivity contribution in [2.75, 3.05) is 12.9 Å². The number of methoxy groups -OCH3 is 1. The van der Waals surface area contributed by atoms with Crippen molar-refractivity contribution in [3.05, 3.63) is 29.8 Å². The molecule has 0 aliphatic heterocycles. The number of carbonyl (C=O) groups is 2. The Morgan fingerprint density at radius 3 is 2.68 bits per heavy atom. The highest BCUT2D eigenvalue weighted by Gasteiger charge is 2.18. The molecule has 1 aromatic carbocycles. The third kappa shape index (κ3) is 5.21. The Labute approximate surface area is 116 Å². The molecule has 1 aromatic rings. The van der Waals surface area contributed by atoms with Gasteiger partial charge in [0.25, 0.3) is 0 Å². The summed E-state index contributed by atoms with van der Waals surface area (Å²) in [5.41, 5.74) is 1.00. The number of amides is 1. The predicted octanol–water partition coefficient (Wildman–Crippen LogP) is 1.52. The minimum Gasteiger partial charge on any atom is -0.496 e. The summed E-state index contributed by atoms with van der Waals surface area (Å²) in [6.45, 7) is 1.31. The molecule has 0 spiro atoms. The Hall–Kier alpha value is -1.69. The van der Waals surface area contributed by atoms with Crippen LogP contribution in [0.15, 0.2) is 24.3 Å². The van der Waals surface area contributed by atoms with Crippen molar-refractivity contribution >= 4 is 23.6 Å². The van der Waals surface area contributed by atoms with E-state index < -0.39 is 12.0 Å². The molecule has 0 aliphatic carbocycles. The van der Waals surface area contributed by atoms with Crippen LogP contribution in [0.3, 0.4) is 0 Å². The molecular weight excluding hydrogens is 266 g/mol. The Bertz CT molecular complexity index is 450. The monoisotopic (exact) mass is 283 g/mol. The van der Waals surface area contributed by atoms with Crippen molar-refractivity contribution in [2.45, 2.75) is 18.7 Å². The van der Waals surface area contributed by atoms with E-state index in [-0.39, 0.29) is 5.91 Å². The van der Waals surface area contributed by atoms with Gasteiger partial charge in [0.2, 0.25) is 5.91 Å². The molecule has 2 N–H and O–H groups in total. The maximum absolute atomic E-state index is 10.9. The van der Waals surface area contributed by atoms with Gasteiger partial charge in [-0.2, -0.15) is 11.8 Å². The Morgan fingerprint density at radius 1 is 1.42 bits per heavy atom. The molecule has 0 aromatic heterocycles. The second-order valence-corrected chi connectivity index (χ2v) is 4.95. The number of hydrogen-bond acceptors (Lipinski definition) is 4. The second kappa shape index (κ2) is 7.68. The van der Waals surface area contributed by atoms with Gasteiger partial charge in [-0.3, -0.25) is 4.79 Å². The number of carboxylic acids is 1. The van der Waals surface area contributed by atoms with Crippen molar-refractivity contribution in [3.63, 3.8) is 0 Å². The van der Waals surface area contributed by atoms with Crippen molar-refractivity contribution in [2.24, 2.45) is 0 Å². The van der Waals surface area contributed by atoms with Gasteiger partial charge in [0, 0.05) is 24.0 Å². The Morgan fingerprint density at radius 2 is 2.11 bits per heavy atom. The van der Waals surface area contributed by atoms with Gasteiger partial charge in [-0.05, 0) is 6.07 Å². The van der Waals surface area contributed by atoms with Gasteiger partial charge in [0.05, 0.1) is 7.11 Å². The van der Waals surface area contributed by atoms with Gasteiger partial charge in [-0.15, -0.1) is 0 Å². The lowest BCUT2D eigenvalue weighted by Crippen LogP contribution is -2.41. The maximum Gasteiger partial charge on any atom is 0.327 e. The first-order chi connectivity index (χ1) is 9.04. The first-order valence-electron chi connectivity index (χ1n) is 5.74. The zero-order chi connectivity index (χ0) is 14.3. The fraction of sp³-hybridized carbons (Fsp3) is 0.385. The molecule has 1 amide bonds. The van der Waals surface area contributed by atoms with Crippen LogP contribution < -0.4 is 10.1 Å². The van der Waals surface area contributed by atoms with Crippen LogP contribution in [-0.4, -0.2) is 35.9 Å². The highest BCUT2D eigenvalue weighted by Crippen LogP contribution is 2.22. The lowest BCUT2D eigenvalue weighted by atomic mass is 10.2. The standard InChI is InChI=1S/C13H17NO4S/c1-9(15)14-11(13(16)17)8-19-7-10-5-3-4-6-12(10)18-2/h3-6,11H,7-8H2,1-2H3,(H,14,15)(H,16,17)/t11-/m0/s1. The predicted molar refractivity (Wildman–Crippen MR) is 74.4 cm³/mol. The molecule has 0 saturated heterocycles.